The van der Waals surface area contributed by atoms with Crippen molar-refractivity contribution in [1.82, 2.24) is 0 Å². The first-order valence-electron chi connectivity index (χ1n) is 10.3. The first kappa shape index (κ1) is 28.6. The molecule has 2 saturated heterocycles. The molecule has 0 radical (unpaired) electrons. The molecule has 0 saturated carbocycles. The summed E-state index contributed by atoms with van der Waals surface area (Å²) in [7, 11) is -4.64. The maximum atomic E-state index is 12.5. The van der Waals surface area contributed by atoms with E-state index in [0.29, 0.717) is 18.9 Å². The Balaban J connectivity index is 0.00000450. The van der Waals surface area contributed by atoms with Crippen LogP contribution in [-0.4, -0.2) is 62.0 Å². The molecule has 2 heterocycles. The van der Waals surface area contributed by atoms with Crippen LogP contribution in [0.2, 0.25) is 0 Å². The van der Waals surface area contributed by atoms with Gasteiger partial charge in [-0.2, -0.15) is 0 Å². The second kappa shape index (κ2) is 12.2. The first-order chi connectivity index (χ1) is 13.5. The van der Waals surface area contributed by atoms with Gasteiger partial charge in [0.2, 0.25) is 0 Å². The Hall–Kier alpha value is 0.598. The van der Waals surface area contributed by atoms with Gasteiger partial charge < -0.3 is 38.6 Å². The van der Waals surface area contributed by atoms with E-state index >= 15 is 0 Å². The Morgan fingerprint density at radius 1 is 1.20 bits per heavy atom. The fourth-order valence-electron chi connectivity index (χ4n) is 3.58. The molecule has 0 aromatic heterocycles. The average molecular weight is 621 g/mol. The van der Waals surface area contributed by atoms with E-state index in [9.17, 15) is 9.46 Å². The minimum Gasteiger partial charge on any atom is -0.756 e. The summed E-state index contributed by atoms with van der Waals surface area (Å²) in [6.45, 7) is 11.3. The first-order valence-corrected chi connectivity index (χ1v) is 11.7. The van der Waals surface area contributed by atoms with E-state index in [4.69, 9.17) is 33.7 Å². The van der Waals surface area contributed by atoms with E-state index in [1.165, 1.54) is 0 Å². The number of phosphoric ester groups is 1. The third-order valence-corrected chi connectivity index (χ3v) is 5.85. The quantitative estimate of drug-likeness (QED) is 0.273. The monoisotopic (exact) mass is 621 g/mol. The SMILES string of the molecule is CC(C)OC[C@@]1(CN)O[C@@H](C)C[C@H]1OP(=O)([O-])OC[C-]1O[C@@H](C)CC1OC(C)C.[W]. The number of nitrogens with two attached hydrogens (primary N) is 1. The Bertz CT molecular complexity index is 569. The van der Waals surface area contributed by atoms with E-state index in [-0.39, 0.29) is 71.3 Å². The van der Waals surface area contributed by atoms with E-state index in [1.807, 2.05) is 41.5 Å². The normalized spacial score (nSPS) is 34.5. The Morgan fingerprint density at radius 3 is 2.43 bits per heavy atom. The zero-order valence-electron chi connectivity index (χ0n) is 18.7. The molecule has 6 atom stereocenters. The molecule has 2 aliphatic heterocycles. The second-order valence-corrected chi connectivity index (χ2v) is 9.77. The summed E-state index contributed by atoms with van der Waals surface area (Å²) in [4.78, 5) is 12.5. The van der Waals surface area contributed by atoms with Gasteiger partial charge in [-0.15, -0.1) is 6.10 Å². The number of phosphoric acid groups is 1. The maximum Gasteiger partial charge on any atom is 0.265 e. The molecule has 0 aliphatic carbocycles. The van der Waals surface area contributed by atoms with E-state index in [1.54, 1.807) is 0 Å². The van der Waals surface area contributed by atoms with Gasteiger partial charge in [-0.25, -0.2) is 0 Å². The fraction of sp³-hybridized carbons (Fsp3) is 0.947. The number of ether oxygens (including phenoxy) is 4. The molecule has 30 heavy (non-hydrogen) atoms. The summed E-state index contributed by atoms with van der Waals surface area (Å²) < 4.78 is 46.1. The molecule has 0 bridgehead atoms. The van der Waals surface area contributed by atoms with Crippen molar-refractivity contribution in [2.24, 2.45) is 5.73 Å². The summed E-state index contributed by atoms with van der Waals surface area (Å²) in [5.41, 5.74) is 4.88. The van der Waals surface area contributed by atoms with E-state index < -0.39 is 19.5 Å². The summed E-state index contributed by atoms with van der Waals surface area (Å²) in [6, 6.07) is 0. The standard InChI is InChI=1S/C19H37NO8P.W/c1-12(2)23-11-19(10-20)18(8-15(6)27-19)28-29(21,22)24-9-17-16(25-13(3)4)7-14(5)26-17;/h12-16,18H,7-11,20H2,1-6H3,(H,21,22);/q-1;/p-1/t14-,15-,16?,18+,19+;/m0./s1. The van der Waals surface area contributed by atoms with Crippen molar-refractivity contribution < 1.29 is 58.5 Å². The Morgan fingerprint density at radius 2 is 1.87 bits per heavy atom. The molecule has 0 amide bonds. The molecular weight excluding hydrogens is 585 g/mol. The maximum absolute atomic E-state index is 12.5. The van der Waals surface area contributed by atoms with Gasteiger partial charge in [0.25, 0.3) is 7.82 Å². The van der Waals surface area contributed by atoms with Gasteiger partial charge >= 0.3 is 0 Å². The van der Waals surface area contributed by atoms with Crippen molar-refractivity contribution in [1.29, 1.82) is 0 Å². The van der Waals surface area contributed by atoms with Gasteiger partial charge in [-0.3, -0.25) is 4.57 Å². The molecular formula is C19H36NO8PW-2. The van der Waals surface area contributed by atoms with Crippen LogP contribution in [0.3, 0.4) is 0 Å². The van der Waals surface area contributed by atoms with Crippen molar-refractivity contribution in [3.8, 4) is 0 Å². The van der Waals surface area contributed by atoms with E-state index in [2.05, 4.69) is 0 Å². The molecule has 2 fully saturated rings. The zero-order chi connectivity index (χ0) is 21.8. The molecule has 0 aromatic rings. The predicted molar refractivity (Wildman–Crippen MR) is 105 cm³/mol. The van der Waals surface area contributed by atoms with Gasteiger partial charge in [-0.05, 0) is 60.7 Å². The zero-order valence-corrected chi connectivity index (χ0v) is 22.5. The van der Waals surface area contributed by atoms with Gasteiger partial charge in [0.05, 0.1) is 18.8 Å². The van der Waals surface area contributed by atoms with Crippen LogP contribution in [0.25, 0.3) is 0 Å². The van der Waals surface area contributed by atoms with Gasteiger partial charge in [0.1, 0.15) is 11.7 Å². The Labute approximate surface area is 194 Å². The van der Waals surface area contributed by atoms with Crippen molar-refractivity contribution in [3.05, 3.63) is 6.10 Å². The minimum absolute atomic E-state index is 0. The minimum atomic E-state index is -4.64. The molecule has 178 valence electrons. The summed E-state index contributed by atoms with van der Waals surface area (Å²) in [5.74, 6) is 0. The molecule has 9 nitrogen and oxygen atoms in total. The van der Waals surface area contributed by atoms with Crippen LogP contribution in [0.15, 0.2) is 0 Å². The van der Waals surface area contributed by atoms with Gasteiger partial charge in [0, 0.05) is 46.2 Å². The van der Waals surface area contributed by atoms with Gasteiger partial charge in [0.15, 0.2) is 0 Å². The molecule has 2 N–H and O–H groups in total. The van der Waals surface area contributed by atoms with E-state index in [0.717, 1.165) is 0 Å². The second-order valence-electron chi connectivity index (χ2n) is 8.41. The fourth-order valence-corrected chi connectivity index (χ4v) is 4.52. The van der Waals surface area contributed by atoms with Crippen LogP contribution < -0.4 is 10.6 Å². The van der Waals surface area contributed by atoms with Crippen LogP contribution >= 0.6 is 7.82 Å². The summed E-state index contributed by atoms with van der Waals surface area (Å²) in [5, 5.41) is 0. The van der Waals surface area contributed by atoms with Gasteiger partial charge in [-0.1, -0.05) is 0 Å². The van der Waals surface area contributed by atoms with Crippen molar-refractivity contribution in [3.63, 3.8) is 0 Å². The Kier molecular flexibility index (Phi) is 11.6. The number of hydrogen-bond donors (Lipinski definition) is 1. The molecule has 0 spiro atoms. The van der Waals surface area contributed by atoms with Crippen LogP contribution in [-0.2, 0) is 53.6 Å². The topological polar surface area (TPSA) is 122 Å². The number of rotatable bonds is 11. The largest absolute Gasteiger partial charge is 0.756 e. The van der Waals surface area contributed by atoms with Crippen LogP contribution in [0.1, 0.15) is 54.4 Å². The molecule has 2 unspecified atom stereocenters. The van der Waals surface area contributed by atoms with Crippen molar-refractivity contribution >= 4 is 7.82 Å². The van der Waals surface area contributed by atoms with Crippen molar-refractivity contribution in [2.45, 2.75) is 96.6 Å². The van der Waals surface area contributed by atoms with Crippen LogP contribution in [0.5, 0.6) is 0 Å². The van der Waals surface area contributed by atoms with Crippen LogP contribution in [0.4, 0.5) is 0 Å². The third kappa shape index (κ3) is 8.18. The molecule has 0 aromatic carbocycles. The molecule has 2 aliphatic rings. The van der Waals surface area contributed by atoms with Crippen molar-refractivity contribution in [2.75, 3.05) is 19.8 Å². The summed E-state index contributed by atoms with van der Waals surface area (Å²) in [6.07, 6.45) is 0.0446. The predicted octanol–water partition coefficient (Wildman–Crippen LogP) is 1.92. The molecule has 11 heteroatoms. The third-order valence-electron chi connectivity index (χ3n) is 4.89. The summed E-state index contributed by atoms with van der Waals surface area (Å²) >= 11 is 0. The van der Waals surface area contributed by atoms with Crippen LogP contribution in [0, 0.1) is 6.10 Å². The molecule has 2 rings (SSSR count). The number of hydrogen-bond acceptors (Lipinski definition) is 9. The average Bonchev–Trinajstić information content (AvgIpc) is 3.09. The smallest absolute Gasteiger partial charge is 0.265 e.